The third kappa shape index (κ3) is 4.14. The molecule has 0 aliphatic carbocycles. The number of urea groups is 1. The lowest BCUT2D eigenvalue weighted by molar-refractivity contribution is -0.121. The maximum atomic E-state index is 13.7. The summed E-state index contributed by atoms with van der Waals surface area (Å²) in [6, 6.07) is 10.6. The van der Waals surface area contributed by atoms with Gasteiger partial charge in [-0.05, 0) is 59.7 Å². The van der Waals surface area contributed by atoms with Gasteiger partial charge in [0.15, 0.2) is 0 Å². The van der Waals surface area contributed by atoms with Crippen molar-refractivity contribution in [1.29, 1.82) is 0 Å². The van der Waals surface area contributed by atoms with Crippen LogP contribution >= 0.6 is 11.8 Å². The molecule has 2 unspecified atom stereocenters. The number of thioether (sulfide) groups is 1. The molecule has 4 rings (SSSR count). The number of nitrogens with zero attached hydrogens (tertiary/aromatic N) is 2. The zero-order chi connectivity index (χ0) is 23.0. The zero-order valence-corrected chi connectivity index (χ0v) is 18.9. The Morgan fingerprint density at radius 1 is 1.19 bits per heavy atom. The Labute approximate surface area is 190 Å². The first kappa shape index (κ1) is 22.1. The van der Waals surface area contributed by atoms with Crippen molar-refractivity contribution in [2.75, 3.05) is 16.8 Å². The maximum Gasteiger partial charge on any atom is 0.332 e. The highest BCUT2D eigenvalue weighted by atomic mass is 32.2. The number of fused-ring (bicyclic) bond motifs is 1. The van der Waals surface area contributed by atoms with E-state index in [4.69, 9.17) is 0 Å². The SMILES string of the molecule is Cc1cc(N2C(=O)C3SC=CC3N(CC(=O)Nc3cccc(C(C)C)c3)C2=O)ccc1F. The lowest BCUT2D eigenvalue weighted by Crippen LogP contribution is -2.63. The average molecular weight is 454 g/mol. The van der Waals surface area contributed by atoms with Gasteiger partial charge in [-0.1, -0.05) is 32.1 Å². The summed E-state index contributed by atoms with van der Waals surface area (Å²) in [5, 5.41) is 4.08. The number of benzene rings is 2. The third-order valence-corrected chi connectivity index (χ3v) is 6.71. The Bertz CT molecular complexity index is 1120. The summed E-state index contributed by atoms with van der Waals surface area (Å²) in [4.78, 5) is 41.6. The smallest absolute Gasteiger partial charge is 0.325 e. The van der Waals surface area contributed by atoms with Crippen LogP contribution in [-0.4, -0.2) is 40.6 Å². The van der Waals surface area contributed by atoms with Crippen LogP contribution in [0.4, 0.5) is 20.6 Å². The standard InChI is InChI=1S/C24H24FN3O3S/c1-14(2)16-5-4-6-17(12-16)26-21(29)13-27-20-9-10-32-22(20)23(30)28(24(27)31)18-7-8-19(25)15(3)11-18/h4-12,14,20,22H,13H2,1-3H3,(H,26,29). The van der Waals surface area contributed by atoms with Gasteiger partial charge in [-0.2, -0.15) is 0 Å². The predicted molar refractivity (Wildman–Crippen MR) is 124 cm³/mol. The van der Waals surface area contributed by atoms with Crippen LogP contribution in [0.3, 0.4) is 0 Å². The monoisotopic (exact) mass is 453 g/mol. The molecule has 0 saturated carbocycles. The topological polar surface area (TPSA) is 69.7 Å². The second kappa shape index (κ2) is 8.78. The Kier molecular flexibility index (Phi) is 6.06. The highest BCUT2D eigenvalue weighted by Crippen LogP contribution is 2.36. The molecule has 0 radical (unpaired) electrons. The minimum atomic E-state index is -0.597. The van der Waals surface area contributed by atoms with Crippen molar-refractivity contribution in [3.05, 3.63) is 70.9 Å². The first-order valence-electron chi connectivity index (χ1n) is 10.4. The van der Waals surface area contributed by atoms with Crippen molar-refractivity contribution in [3.63, 3.8) is 0 Å². The number of carbonyl (C=O) groups is 3. The highest BCUT2D eigenvalue weighted by molar-refractivity contribution is 8.03. The van der Waals surface area contributed by atoms with Crippen molar-refractivity contribution in [2.24, 2.45) is 0 Å². The van der Waals surface area contributed by atoms with Crippen molar-refractivity contribution in [1.82, 2.24) is 4.90 Å². The molecule has 0 aromatic heterocycles. The lowest BCUT2D eigenvalue weighted by atomic mass is 10.0. The van der Waals surface area contributed by atoms with E-state index in [1.54, 1.807) is 24.5 Å². The van der Waals surface area contributed by atoms with E-state index in [9.17, 15) is 18.8 Å². The van der Waals surface area contributed by atoms with Crippen LogP contribution in [0.2, 0.25) is 0 Å². The molecule has 8 heteroatoms. The highest BCUT2D eigenvalue weighted by Gasteiger charge is 2.48. The summed E-state index contributed by atoms with van der Waals surface area (Å²) in [5.74, 6) is -0.828. The Hall–Kier alpha value is -3.13. The van der Waals surface area contributed by atoms with Gasteiger partial charge in [-0.15, -0.1) is 11.8 Å². The summed E-state index contributed by atoms with van der Waals surface area (Å²) < 4.78 is 13.7. The van der Waals surface area contributed by atoms with E-state index in [0.717, 1.165) is 10.5 Å². The van der Waals surface area contributed by atoms with Gasteiger partial charge in [0.25, 0.3) is 5.91 Å². The molecule has 6 nitrogen and oxygen atoms in total. The molecule has 1 fully saturated rings. The average Bonchev–Trinajstić information content (AvgIpc) is 3.24. The van der Waals surface area contributed by atoms with E-state index in [2.05, 4.69) is 19.2 Å². The van der Waals surface area contributed by atoms with Crippen LogP contribution < -0.4 is 10.2 Å². The molecule has 2 aliphatic heterocycles. The largest absolute Gasteiger partial charge is 0.332 e. The molecule has 32 heavy (non-hydrogen) atoms. The summed E-state index contributed by atoms with van der Waals surface area (Å²) in [6.45, 7) is 5.50. The Morgan fingerprint density at radius 3 is 2.69 bits per heavy atom. The van der Waals surface area contributed by atoms with Gasteiger partial charge in [-0.3, -0.25) is 9.59 Å². The van der Waals surface area contributed by atoms with E-state index in [1.165, 1.54) is 34.9 Å². The van der Waals surface area contributed by atoms with Gasteiger partial charge < -0.3 is 10.2 Å². The summed E-state index contributed by atoms with van der Waals surface area (Å²) in [6.07, 6.45) is 1.77. The third-order valence-electron chi connectivity index (χ3n) is 5.62. The first-order chi connectivity index (χ1) is 15.3. The number of imide groups is 1. The number of amides is 4. The molecule has 0 bridgehead atoms. The van der Waals surface area contributed by atoms with E-state index in [0.29, 0.717) is 22.9 Å². The summed E-state index contributed by atoms with van der Waals surface area (Å²) >= 11 is 1.31. The number of rotatable bonds is 5. The molecule has 2 aliphatic rings. The predicted octanol–water partition coefficient (Wildman–Crippen LogP) is 4.66. The number of nitrogens with one attached hydrogen (secondary N) is 1. The number of halogens is 1. The second-order valence-electron chi connectivity index (χ2n) is 8.22. The number of aryl methyl sites for hydroxylation is 1. The van der Waals surface area contributed by atoms with Crippen LogP contribution in [0, 0.1) is 12.7 Å². The molecular weight excluding hydrogens is 429 g/mol. The van der Waals surface area contributed by atoms with Gasteiger partial charge in [0.05, 0.1) is 11.7 Å². The van der Waals surface area contributed by atoms with Crippen LogP contribution in [0.5, 0.6) is 0 Å². The fraction of sp³-hybridized carbons (Fsp3) is 0.292. The molecule has 1 N–H and O–H groups in total. The van der Waals surface area contributed by atoms with E-state index < -0.39 is 23.1 Å². The van der Waals surface area contributed by atoms with Crippen LogP contribution in [0.25, 0.3) is 0 Å². The van der Waals surface area contributed by atoms with Crippen molar-refractivity contribution in [3.8, 4) is 0 Å². The molecule has 2 aromatic carbocycles. The lowest BCUT2D eigenvalue weighted by Gasteiger charge is -2.40. The normalized spacial score (nSPS) is 20.2. The minimum absolute atomic E-state index is 0.208. The number of anilines is 2. The zero-order valence-electron chi connectivity index (χ0n) is 18.0. The molecular formula is C24H24FN3O3S. The minimum Gasteiger partial charge on any atom is -0.325 e. The molecule has 2 aromatic rings. The molecule has 2 atom stereocenters. The van der Waals surface area contributed by atoms with E-state index in [1.807, 2.05) is 18.2 Å². The van der Waals surface area contributed by atoms with Crippen LogP contribution in [-0.2, 0) is 9.59 Å². The van der Waals surface area contributed by atoms with Gasteiger partial charge in [-0.25, -0.2) is 14.1 Å². The van der Waals surface area contributed by atoms with E-state index >= 15 is 0 Å². The van der Waals surface area contributed by atoms with Gasteiger partial charge in [0.2, 0.25) is 5.91 Å². The maximum absolute atomic E-state index is 13.7. The van der Waals surface area contributed by atoms with Gasteiger partial charge in [0.1, 0.15) is 17.6 Å². The van der Waals surface area contributed by atoms with Crippen LogP contribution in [0.1, 0.15) is 30.9 Å². The number of carbonyl (C=O) groups excluding carboxylic acids is 3. The first-order valence-corrected chi connectivity index (χ1v) is 11.3. The fourth-order valence-corrected chi connectivity index (χ4v) is 4.89. The summed E-state index contributed by atoms with van der Waals surface area (Å²) in [7, 11) is 0. The van der Waals surface area contributed by atoms with Crippen LogP contribution in [0.15, 0.2) is 53.9 Å². The van der Waals surface area contributed by atoms with Gasteiger partial charge in [0, 0.05) is 5.69 Å². The molecule has 1 saturated heterocycles. The Balaban J connectivity index is 1.58. The molecule has 166 valence electrons. The molecule has 2 heterocycles. The Morgan fingerprint density at radius 2 is 1.97 bits per heavy atom. The van der Waals surface area contributed by atoms with Crippen molar-refractivity contribution < 1.29 is 18.8 Å². The van der Waals surface area contributed by atoms with Gasteiger partial charge >= 0.3 is 6.03 Å². The molecule has 0 spiro atoms. The van der Waals surface area contributed by atoms with E-state index in [-0.39, 0.29) is 18.4 Å². The van der Waals surface area contributed by atoms with Crippen molar-refractivity contribution in [2.45, 2.75) is 38.0 Å². The summed E-state index contributed by atoms with van der Waals surface area (Å²) in [5.41, 5.74) is 2.37. The number of hydrogen-bond acceptors (Lipinski definition) is 4. The van der Waals surface area contributed by atoms with Crippen molar-refractivity contribution >= 4 is 41.0 Å². The second-order valence-corrected chi connectivity index (χ2v) is 9.27. The fourth-order valence-electron chi connectivity index (χ4n) is 3.85. The quantitative estimate of drug-likeness (QED) is 0.715. The molecule has 4 amide bonds. The number of hydrogen-bond donors (Lipinski definition) is 1.